The van der Waals surface area contributed by atoms with E-state index < -0.39 is 0 Å². The van der Waals surface area contributed by atoms with E-state index >= 15 is 0 Å². The van der Waals surface area contributed by atoms with Crippen molar-refractivity contribution >= 4 is 11.6 Å². The van der Waals surface area contributed by atoms with Crippen LogP contribution >= 0.6 is 0 Å². The third-order valence-corrected chi connectivity index (χ3v) is 3.80. The minimum absolute atomic E-state index is 0.0363. The number of anilines is 1. The lowest BCUT2D eigenvalue weighted by atomic mass is 10.1. The molecular weight excluding hydrogens is 236 g/mol. The molecule has 3 heteroatoms. The first-order valence-corrected chi connectivity index (χ1v) is 7.09. The first kappa shape index (κ1) is 13.9. The third-order valence-electron chi connectivity index (χ3n) is 3.80. The third kappa shape index (κ3) is 3.28. The first-order chi connectivity index (χ1) is 8.94. The highest BCUT2D eigenvalue weighted by molar-refractivity contribution is 6.00. The molecule has 1 aliphatic rings. The highest BCUT2D eigenvalue weighted by atomic mass is 16.1. The van der Waals surface area contributed by atoms with Gasteiger partial charge in [-0.1, -0.05) is 26.8 Å². The number of aryl methyl sites for hydroxylation is 1. The maximum Gasteiger partial charge on any atom is 0.253 e. The summed E-state index contributed by atoms with van der Waals surface area (Å²) in [5.41, 5.74) is 3.12. The molecule has 2 rings (SSSR count). The summed E-state index contributed by atoms with van der Waals surface area (Å²) in [4.78, 5) is 12.3. The van der Waals surface area contributed by atoms with Gasteiger partial charge in [0, 0.05) is 18.3 Å². The maximum absolute atomic E-state index is 12.3. The minimum atomic E-state index is 0.0363. The van der Waals surface area contributed by atoms with Gasteiger partial charge in [-0.25, -0.2) is 0 Å². The molecule has 1 aromatic carbocycles. The van der Waals surface area contributed by atoms with Crippen LogP contribution in [0.3, 0.4) is 0 Å². The lowest BCUT2D eigenvalue weighted by molar-refractivity contribution is 0.0947. The molecule has 0 aliphatic heterocycles. The number of carbonyl (C=O) groups excluding carboxylic acids is 1. The number of carbonyl (C=O) groups is 1. The number of amides is 1. The van der Waals surface area contributed by atoms with Crippen LogP contribution in [-0.2, 0) is 0 Å². The number of hydrogen-bond donors (Lipinski definition) is 2. The molecule has 0 aromatic heterocycles. The Morgan fingerprint density at radius 3 is 2.68 bits per heavy atom. The predicted molar refractivity (Wildman–Crippen MR) is 79.6 cm³/mol. The molecule has 0 saturated heterocycles. The number of benzene rings is 1. The van der Waals surface area contributed by atoms with E-state index in [0.29, 0.717) is 6.04 Å². The first-order valence-electron chi connectivity index (χ1n) is 7.09. The van der Waals surface area contributed by atoms with E-state index in [9.17, 15) is 4.79 Å². The average molecular weight is 260 g/mol. The van der Waals surface area contributed by atoms with Gasteiger partial charge in [0.2, 0.25) is 0 Å². The van der Waals surface area contributed by atoms with E-state index in [4.69, 9.17) is 0 Å². The van der Waals surface area contributed by atoms with Crippen LogP contribution in [0, 0.1) is 12.3 Å². The largest absolute Gasteiger partial charge is 0.384 e. The second-order valence-corrected chi connectivity index (χ2v) is 6.19. The van der Waals surface area contributed by atoms with Crippen molar-refractivity contribution in [3.05, 3.63) is 29.3 Å². The molecule has 2 N–H and O–H groups in total. The fraction of sp³-hybridized carbons (Fsp3) is 0.562. The van der Waals surface area contributed by atoms with E-state index in [1.165, 1.54) is 5.56 Å². The van der Waals surface area contributed by atoms with Crippen LogP contribution in [0.4, 0.5) is 5.69 Å². The summed E-state index contributed by atoms with van der Waals surface area (Å²) in [6.45, 7) is 9.42. The summed E-state index contributed by atoms with van der Waals surface area (Å²) in [7, 11) is 0. The van der Waals surface area contributed by atoms with Crippen LogP contribution < -0.4 is 10.6 Å². The zero-order chi connectivity index (χ0) is 14.0. The van der Waals surface area contributed by atoms with Crippen molar-refractivity contribution in [3.8, 4) is 0 Å². The summed E-state index contributed by atoms with van der Waals surface area (Å²) in [5.74, 6) is 0.0363. The van der Waals surface area contributed by atoms with E-state index in [-0.39, 0.29) is 11.3 Å². The Labute approximate surface area is 115 Å². The predicted octanol–water partition coefficient (Wildman–Crippen LogP) is 3.35. The molecule has 1 fully saturated rings. The Hall–Kier alpha value is -1.51. The SMILES string of the molecule is CCCNc1cc(C)ccc1C(=O)NC1CC1(C)C. The van der Waals surface area contributed by atoms with E-state index in [1.54, 1.807) is 0 Å². The summed E-state index contributed by atoms with van der Waals surface area (Å²) < 4.78 is 0. The second kappa shape index (κ2) is 5.24. The molecule has 1 unspecified atom stereocenters. The second-order valence-electron chi connectivity index (χ2n) is 6.19. The van der Waals surface area contributed by atoms with Gasteiger partial charge in [-0.2, -0.15) is 0 Å². The van der Waals surface area contributed by atoms with Gasteiger partial charge in [-0.05, 0) is 42.9 Å². The number of rotatable bonds is 5. The standard InChI is InChI=1S/C16H24N2O/c1-5-8-17-13-9-11(2)6-7-12(13)15(19)18-14-10-16(14,3)4/h6-7,9,14,17H,5,8,10H2,1-4H3,(H,18,19). The van der Waals surface area contributed by atoms with Crippen molar-refractivity contribution in [3.63, 3.8) is 0 Å². The van der Waals surface area contributed by atoms with Gasteiger partial charge in [-0.15, -0.1) is 0 Å². The molecule has 3 nitrogen and oxygen atoms in total. The molecule has 0 bridgehead atoms. The lowest BCUT2D eigenvalue weighted by Crippen LogP contribution is -2.29. The van der Waals surface area contributed by atoms with Gasteiger partial charge in [-0.3, -0.25) is 4.79 Å². The smallest absolute Gasteiger partial charge is 0.253 e. The molecule has 1 atom stereocenters. The van der Waals surface area contributed by atoms with E-state index in [2.05, 4.69) is 31.4 Å². The van der Waals surface area contributed by atoms with Crippen molar-refractivity contribution in [2.45, 2.75) is 46.6 Å². The fourth-order valence-electron chi connectivity index (χ4n) is 2.21. The van der Waals surface area contributed by atoms with Crippen molar-refractivity contribution < 1.29 is 4.79 Å². The van der Waals surface area contributed by atoms with Gasteiger partial charge in [0.15, 0.2) is 0 Å². The summed E-state index contributed by atoms with van der Waals surface area (Å²) >= 11 is 0. The number of nitrogens with one attached hydrogen (secondary N) is 2. The lowest BCUT2D eigenvalue weighted by Gasteiger charge is -2.13. The van der Waals surface area contributed by atoms with Crippen LogP contribution in [-0.4, -0.2) is 18.5 Å². The van der Waals surface area contributed by atoms with Crippen LogP contribution in [0.1, 0.15) is 49.5 Å². The summed E-state index contributed by atoms with van der Waals surface area (Å²) in [6, 6.07) is 6.27. The van der Waals surface area contributed by atoms with Crippen molar-refractivity contribution in [2.75, 3.05) is 11.9 Å². The van der Waals surface area contributed by atoms with Crippen molar-refractivity contribution in [1.82, 2.24) is 5.32 Å². The molecule has 0 radical (unpaired) electrons. The van der Waals surface area contributed by atoms with Gasteiger partial charge in [0.05, 0.1) is 5.56 Å². The van der Waals surface area contributed by atoms with E-state index in [1.807, 2.05) is 25.1 Å². The molecule has 0 heterocycles. The van der Waals surface area contributed by atoms with Gasteiger partial charge in [0.25, 0.3) is 5.91 Å². The molecule has 19 heavy (non-hydrogen) atoms. The van der Waals surface area contributed by atoms with Crippen molar-refractivity contribution in [2.24, 2.45) is 5.41 Å². The highest BCUT2D eigenvalue weighted by Gasteiger charge is 2.46. The van der Waals surface area contributed by atoms with Gasteiger partial charge in [0.1, 0.15) is 0 Å². The molecule has 1 aliphatic carbocycles. The molecular formula is C16H24N2O. The zero-order valence-corrected chi connectivity index (χ0v) is 12.3. The topological polar surface area (TPSA) is 41.1 Å². The maximum atomic E-state index is 12.3. The Balaban J connectivity index is 2.11. The Morgan fingerprint density at radius 2 is 2.11 bits per heavy atom. The van der Waals surface area contributed by atoms with Crippen LogP contribution in [0.5, 0.6) is 0 Å². The monoisotopic (exact) mass is 260 g/mol. The Morgan fingerprint density at radius 1 is 1.42 bits per heavy atom. The molecule has 1 aromatic rings. The Kier molecular flexibility index (Phi) is 3.83. The van der Waals surface area contributed by atoms with Gasteiger partial charge >= 0.3 is 0 Å². The number of hydrogen-bond acceptors (Lipinski definition) is 2. The van der Waals surface area contributed by atoms with Crippen LogP contribution in [0.25, 0.3) is 0 Å². The fourth-order valence-corrected chi connectivity index (χ4v) is 2.21. The van der Waals surface area contributed by atoms with Crippen LogP contribution in [0.2, 0.25) is 0 Å². The summed E-state index contributed by atoms with van der Waals surface area (Å²) in [6.07, 6.45) is 2.12. The molecule has 1 saturated carbocycles. The van der Waals surface area contributed by atoms with Gasteiger partial charge < -0.3 is 10.6 Å². The highest BCUT2D eigenvalue weighted by Crippen LogP contribution is 2.44. The normalized spacial score (nSPS) is 19.9. The quantitative estimate of drug-likeness (QED) is 0.852. The van der Waals surface area contributed by atoms with Crippen molar-refractivity contribution in [1.29, 1.82) is 0 Å². The van der Waals surface area contributed by atoms with Crippen LogP contribution in [0.15, 0.2) is 18.2 Å². The summed E-state index contributed by atoms with van der Waals surface area (Å²) in [5, 5.41) is 6.46. The zero-order valence-electron chi connectivity index (χ0n) is 12.3. The molecule has 0 spiro atoms. The average Bonchev–Trinajstić information content (AvgIpc) is 2.93. The Bertz CT molecular complexity index is 480. The molecule has 1 amide bonds. The molecule has 104 valence electrons. The minimum Gasteiger partial charge on any atom is -0.384 e. The van der Waals surface area contributed by atoms with E-state index in [0.717, 1.165) is 30.6 Å².